The first-order valence-electron chi connectivity index (χ1n) is 3.37. The van der Waals surface area contributed by atoms with E-state index in [0.717, 1.165) is 12.2 Å². The third kappa shape index (κ3) is 1.48. The molecule has 0 aromatic heterocycles. The lowest BCUT2D eigenvalue weighted by Crippen LogP contribution is -2.26. The summed E-state index contributed by atoms with van der Waals surface area (Å²) in [6.07, 6.45) is 1.08. The molecule has 2 unspecified atom stereocenters. The first kappa shape index (κ1) is 7.13. The molecule has 1 aliphatic rings. The molecule has 0 aromatic carbocycles. The highest BCUT2D eigenvalue weighted by molar-refractivity contribution is 8.00. The third-order valence-electron chi connectivity index (χ3n) is 1.81. The Morgan fingerprint density at radius 2 is 2.22 bits per heavy atom. The molecule has 0 N–H and O–H groups in total. The van der Waals surface area contributed by atoms with E-state index in [4.69, 9.17) is 0 Å². The van der Waals surface area contributed by atoms with Crippen LogP contribution in [0.1, 0.15) is 20.3 Å². The zero-order valence-corrected chi connectivity index (χ0v) is 6.70. The van der Waals surface area contributed by atoms with Gasteiger partial charge in [-0.05, 0) is 19.1 Å². The number of hydrogen-bond acceptors (Lipinski definition) is 2. The van der Waals surface area contributed by atoms with Gasteiger partial charge in [0.05, 0.1) is 5.25 Å². The van der Waals surface area contributed by atoms with Crippen molar-refractivity contribution in [3.63, 3.8) is 0 Å². The van der Waals surface area contributed by atoms with Crippen molar-refractivity contribution in [3.8, 4) is 0 Å². The Bertz CT molecular complexity index is 110. The monoisotopic (exact) mass is 144 g/mol. The van der Waals surface area contributed by atoms with Gasteiger partial charge in [0.2, 0.25) is 0 Å². The summed E-state index contributed by atoms with van der Waals surface area (Å²) < 4.78 is 0. The van der Waals surface area contributed by atoms with E-state index in [1.807, 2.05) is 13.8 Å². The maximum absolute atomic E-state index is 11.1. The van der Waals surface area contributed by atoms with Crippen molar-refractivity contribution in [1.82, 2.24) is 0 Å². The molecule has 1 rings (SSSR count). The van der Waals surface area contributed by atoms with Gasteiger partial charge in [0.1, 0.15) is 5.78 Å². The Hall–Kier alpha value is 0.0200. The maximum atomic E-state index is 11.1. The Balaban J connectivity index is 2.52. The van der Waals surface area contributed by atoms with E-state index < -0.39 is 0 Å². The largest absolute Gasteiger partial charge is 0.298 e. The Morgan fingerprint density at radius 1 is 1.56 bits per heavy atom. The van der Waals surface area contributed by atoms with Crippen LogP contribution in [0.2, 0.25) is 0 Å². The van der Waals surface area contributed by atoms with Gasteiger partial charge in [-0.2, -0.15) is 11.8 Å². The lowest BCUT2D eigenvalue weighted by molar-refractivity contribution is -0.121. The first-order chi connectivity index (χ1) is 4.22. The first-order valence-corrected chi connectivity index (χ1v) is 4.42. The van der Waals surface area contributed by atoms with Crippen LogP contribution in [0.25, 0.3) is 0 Å². The zero-order chi connectivity index (χ0) is 6.85. The van der Waals surface area contributed by atoms with Crippen molar-refractivity contribution in [2.75, 3.05) is 5.75 Å². The number of Topliss-reactive ketones (excluding diaryl/α,β-unsaturated/α-hetero) is 1. The summed E-state index contributed by atoms with van der Waals surface area (Å²) in [5, 5.41) is 0.258. The van der Waals surface area contributed by atoms with Gasteiger partial charge < -0.3 is 0 Å². The molecule has 1 aliphatic heterocycles. The second kappa shape index (κ2) is 2.74. The Morgan fingerprint density at radius 3 is 2.67 bits per heavy atom. The molecule has 2 heteroatoms. The van der Waals surface area contributed by atoms with Crippen LogP contribution in [0, 0.1) is 5.92 Å². The molecular formula is C7H12OS. The molecule has 0 spiro atoms. The van der Waals surface area contributed by atoms with E-state index in [0.29, 0.717) is 11.7 Å². The lowest BCUT2D eigenvalue weighted by Gasteiger charge is -2.21. The van der Waals surface area contributed by atoms with E-state index >= 15 is 0 Å². The average molecular weight is 144 g/mol. The van der Waals surface area contributed by atoms with Gasteiger partial charge in [0.15, 0.2) is 0 Å². The standard InChI is InChI=1S/C7H12OS/c1-5-3-4-9-6(2)7(5)8/h5-6H,3-4H2,1-2H3. The quantitative estimate of drug-likeness (QED) is 0.515. The number of thioether (sulfide) groups is 1. The smallest absolute Gasteiger partial charge is 0.148 e. The molecule has 0 bridgehead atoms. The van der Waals surface area contributed by atoms with Crippen molar-refractivity contribution in [2.24, 2.45) is 5.92 Å². The average Bonchev–Trinajstić information content (AvgIpc) is 1.83. The van der Waals surface area contributed by atoms with E-state index in [2.05, 4.69) is 0 Å². The molecule has 0 saturated carbocycles. The van der Waals surface area contributed by atoms with Crippen molar-refractivity contribution in [2.45, 2.75) is 25.5 Å². The summed E-state index contributed by atoms with van der Waals surface area (Å²) in [5.74, 6) is 1.92. The molecule has 9 heavy (non-hydrogen) atoms. The normalized spacial score (nSPS) is 36.9. The highest BCUT2D eigenvalue weighted by atomic mass is 32.2. The SMILES string of the molecule is CC1CCSC(C)C1=O. The van der Waals surface area contributed by atoms with E-state index in [1.54, 1.807) is 11.8 Å². The molecule has 0 amide bonds. The number of ketones is 1. The molecule has 1 nitrogen and oxygen atoms in total. The second-order valence-corrected chi connectivity index (χ2v) is 4.05. The molecule has 2 atom stereocenters. The summed E-state index contributed by atoms with van der Waals surface area (Å²) in [7, 11) is 0. The van der Waals surface area contributed by atoms with Crippen LogP contribution in [-0.2, 0) is 4.79 Å². The Labute approximate surface area is 60.2 Å². The molecule has 52 valence electrons. The summed E-state index contributed by atoms with van der Waals surface area (Å²) in [4.78, 5) is 11.1. The zero-order valence-electron chi connectivity index (χ0n) is 5.89. The molecular weight excluding hydrogens is 132 g/mol. The highest BCUT2D eigenvalue weighted by Crippen LogP contribution is 2.25. The summed E-state index contributed by atoms with van der Waals surface area (Å²) >= 11 is 1.78. The van der Waals surface area contributed by atoms with Gasteiger partial charge in [0.25, 0.3) is 0 Å². The highest BCUT2D eigenvalue weighted by Gasteiger charge is 2.24. The predicted octanol–water partition coefficient (Wildman–Crippen LogP) is 1.72. The minimum absolute atomic E-state index is 0.258. The van der Waals surface area contributed by atoms with Crippen LogP contribution in [-0.4, -0.2) is 16.8 Å². The number of carbonyl (C=O) groups excluding carboxylic acids is 1. The fraction of sp³-hybridized carbons (Fsp3) is 0.857. The fourth-order valence-corrected chi connectivity index (χ4v) is 2.29. The molecule has 0 radical (unpaired) electrons. The van der Waals surface area contributed by atoms with Crippen molar-refractivity contribution in [3.05, 3.63) is 0 Å². The van der Waals surface area contributed by atoms with Gasteiger partial charge in [-0.25, -0.2) is 0 Å². The molecule has 1 fully saturated rings. The van der Waals surface area contributed by atoms with E-state index in [-0.39, 0.29) is 5.25 Å². The molecule has 0 aromatic rings. The number of rotatable bonds is 0. The number of carbonyl (C=O) groups is 1. The Kier molecular flexibility index (Phi) is 2.17. The van der Waals surface area contributed by atoms with Crippen LogP contribution >= 0.6 is 11.8 Å². The minimum atomic E-state index is 0.258. The molecule has 0 aliphatic carbocycles. The minimum Gasteiger partial charge on any atom is -0.298 e. The van der Waals surface area contributed by atoms with Crippen LogP contribution in [0.15, 0.2) is 0 Å². The van der Waals surface area contributed by atoms with Crippen molar-refractivity contribution in [1.29, 1.82) is 0 Å². The van der Waals surface area contributed by atoms with Crippen molar-refractivity contribution >= 4 is 17.5 Å². The molecule has 1 heterocycles. The predicted molar refractivity (Wildman–Crippen MR) is 40.7 cm³/mol. The van der Waals surface area contributed by atoms with Gasteiger partial charge in [-0.3, -0.25) is 4.79 Å². The fourth-order valence-electron chi connectivity index (χ4n) is 1.05. The maximum Gasteiger partial charge on any atom is 0.148 e. The van der Waals surface area contributed by atoms with Gasteiger partial charge in [0, 0.05) is 5.92 Å². The lowest BCUT2D eigenvalue weighted by atomic mass is 10.0. The van der Waals surface area contributed by atoms with E-state index in [1.165, 1.54) is 0 Å². The summed E-state index contributed by atoms with van der Waals surface area (Å²) in [6, 6.07) is 0. The van der Waals surface area contributed by atoms with E-state index in [9.17, 15) is 4.79 Å². The van der Waals surface area contributed by atoms with Crippen molar-refractivity contribution < 1.29 is 4.79 Å². The topological polar surface area (TPSA) is 17.1 Å². The third-order valence-corrected chi connectivity index (χ3v) is 3.01. The van der Waals surface area contributed by atoms with Crippen LogP contribution in [0.4, 0.5) is 0 Å². The van der Waals surface area contributed by atoms with Gasteiger partial charge >= 0.3 is 0 Å². The summed E-state index contributed by atoms with van der Waals surface area (Å²) in [5.41, 5.74) is 0. The number of hydrogen-bond donors (Lipinski definition) is 0. The molecule has 1 saturated heterocycles. The van der Waals surface area contributed by atoms with Crippen LogP contribution in [0.5, 0.6) is 0 Å². The van der Waals surface area contributed by atoms with Crippen LogP contribution < -0.4 is 0 Å². The second-order valence-electron chi connectivity index (χ2n) is 2.61. The van der Waals surface area contributed by atoms with Gasteiger partial charge in [-0.15, -0.1) is 0 Å². The van der Waals surface area contributed by atoms with Gasteiger partial charge in [-0.1, -0.05) is 6.92 Å². The van der Waals surface area contributed by atoms with Crippen LogP contribution in [0.3, 0.4) is 0 Å². The summed E-state index contributed by atoms with van der Waals surface area (Å²) in [6.45, 7) is 4.03.